The smallest absolute Gasteiger partial charge is 0.0991 e. The topological polar surface area (TPSA) is 39.1 Å². The molecular formula is C11H15Cl2N3. The second kappa shape index (κ2) is 7.34. The number of hydrogen-bond donors (Lipinski definition) is 1. The highest BCUT2D eigenvalue weighted by Gasteiger charge is 2.09. The van der Waals surface area contributed by atoms with Gasteiger partial charge in [0.25, 0.3) is 0 Å². The van der Waals surface area contributed by atoms with E-state index in [0.29, 0.717) is 0 Å². The van der Waals surface area contributed by atoms with Crippen molar-refractivity contribution in [2.45, 2.75) is 0 Å². The molecule has 1 aromatic carbocycles. The number of halogens is 2. The molecule has 0 spiro atoms. The van der Waals surface area contributed by atoms with Gasteiger partial charge in [-0.2, -0.15) is 5.26 Å². The Balaban J connectivity index is 0.00000112. The van der Waals surface area contributed by atoms with Crippen LogP contribution in [0.4, 0.5) is 5.69 Å². The minimum Gasteiger partial charge on any atom is -0.369 e. The highest BCUT2D eigenvalue weighted by Crippen LogP contribution is 2.15. The Labute approximate surface area is 108 Å². The van der Waals surface area contributed by atoms with Gasteiger partial charge in [-0.05, 0) is 24.3 Å². The molecule has 1 fully saturated rings. The van der Waals surface area contributed by atoms with Crippen LogP contribution in [0.3, 0.4) is 0 Å². The molecule has 1 saturated heterocycles. The predicted molar refractivity (Wildman–Crippen MR) is 70.7 cm³/mol. The summed E-state index contributed by atoms with van der Waals surface area (Å²) in [6.07, 6.45) is 0. The van der Waals surface area contributed by atoms with Gasteiger partial charge in [-0.15, -0.1) is 24.8 Å². The van der Waals surface area contributed by atoms with Crippen molar-refractivity contribution >= 4 is 30.5 Å². The number of hydrogen-bond acceptors (Lipinski definition) is 3. The van der Waals surface area contributed by atoms with Crippen LogP contribution in [0, 0.1) is 11.3 Å². The first-order valence-electron chi connectivity index (χ1n) is 4.86. The molecule has 1 aliphatic heterocycles. The zero-order valence-electron chi connectivity index (χ0n) is 8.85. The van der Waals surface area contributed by atoms with Gasteiger partial charge in [-0.3, -0.25) is 0 Å². The van der Waals surface area contributed by atoms with Crippen LogP contribution in [0.2, 0.25) is 0 Å². The second-order valence-corrected chi connectivity index (χ2v) is 3.40. The van der Waals surface area contributed by atoms with Gasteiger partial charge in [-0.25, -0.2) is 0 Å². The Morgan fingerprint density at radius 2 is 1.62 bits per heavy atom. The zero-order chi connectivity index (χ0) is 9.80. The molecule has 1 heterocycles. The minimum absolute atomic E-state index is 0. The van der Waals surface area contributed by atoms with Gasteiger partial charge < -0.3 is 10.2 Å². The fraction of sp³-hybridized carbons (Fsp3) is 0.364. The van der Waals surface area contributed by atoms with Crippen LogP contribution in [0.1, 0.15) is 5.56 Å². The van der Waals surface area contributed by atoms with Crippen molar-refractivity contribution < 1.29 is 0 Å². The molecule has 88 valence electrons. The molecule has 0 radical (unpaired) electrons. The van der Waals surface area contributed by atoms with Gasteiger partial charge in [-0.1, -0.05) is 0 Å². The summed E-state index contributed by atoms with van der Waals surface area (Å²) in [4.78, 5) is 2.33. The molecule has 0 unspecified atom stereocenters. The lowest BCUT2D eigenvalue weighted by Gasteiger charge is -2.29. The number of rotatable bonds is 1. The van der Waals surface area contributed by atoms with Crippen molar-refractivity contribution in [2.75, 3.05) is 31.1 Å². The Morgan fingerprint density at radius 1 is 1.06 bits per heavy atom. The van der Waals surface area contributed by atoms with Crippen LogP contribution in [-0.4, -0.2) is 26.2 Å². The third-order valence-electron chi connectivity index (χ3n) is 2.48. The number of nitriles is 1. The van der Waals surface area contributed by atoms with E-state index in [-0.39, 0.29) is 24.8 Å². The van der Waals surface area contributed by atoms with E-state index in [9.17, 15) is 0 Å². The van der Waals surface area contributed by atoms with Crippen molar-refractivity contribution in [1.29, 1.82) is 5.26 Å². The van der Waals surface area contributed by atoms with Crippen LogP contribution in [0.25, 0.3) is 0 Å². The Bertz CT molecular complexity index is 339. The lowest BCUT2D eigenvalue weighted by Crippen LogP contribution is -2.43. The molecule has 0 atom stereocenters. The third kappa shape index (κ3) is 3.57. The van der Waals surface area contributed by atoms with E-state index < -0.39 is 0 Å². The molecule has 1 aromatic rings. The monoisotopic (exact) mass is 259 g/mol. The van der Waals surface area contributed by atoms with Gasteiger partial charge in [0.05, 0.1) is 11.6 Å². The van der Waals surface area contributed by atoms with Gasteiger partial charge >= 0.3 is 0 Å². The van der Waals surface area contributed by atoms with Gasteiger partial charge in [0.1, 0.15) is 0 Å². The lowest BCUT2D eigenvalue weighted by atomic mass is 10.2. The minimum atomic E-state index is 0. The molecule has 3 nitrogen and oxygen atoms in total. The fourth-order valence-electron chi connectivity index (χ4n) is 1.67. The molecule has 1 aliphatic rings. The maximum atomic E-state index is 8.67. The highest BCUT2D eigenvalue weighted by molar-refractivity contribution is 5.85. The summed E-state index contributed by atoms with van der Waals surface area (Å²) in [5.41, 5.74) is 1.94. The van der Waals surface area contributed by atoms with Crippen molar-refractivity contribution in [1.82, 2.24) is 5.32 Å². The SMILES string of the molecule is Cl.Cl.N#Cc1ccc(N2CCNCC2)cc1. The first-order valence-corrected chi connectivity index (χ1v) is 4.86. The lowest BCUT2D eigenvalue weighted by molar-refractivity contribution is 0.589. The number of nitrogens with zero attached hydrogens (tertiary/aromatic N) is 2. The maximum Gasteiger partial charge on any atom is 0.0991 e. The van der Waals surface area contributed by atoms with Crippen LogP contribution < -0.4 is 10.2 Å². The number of nitrogens with one attached hydrogen (secondary N) is 1. The largest absolute Gasteiger partial charge is 0.369 e. The first kappa shape index (κ1) is 15.0. The molecule has 2 rings (SSSR count). The van der Waals surface area contributed by atoms with Crippen LogP contribution in [-0.2, 0) is 0 Å². The highest BCUT2D eigenvalue weighted by atomic mass is 35.5. The summed E-state index contributed by atoms with van der Waals surface area (Å²) in [7, 11) is 0. The fourth-order valence-corrected chi connectivity index (χ4v) is 1.67. The predicted octanol–water partition coefficient (Wildman–Crippen LogP) is 1.81. The number of benzene rings is 1. The molecule has 16 heavy (non-hydrogen) atoms. The van der Waals surface area contributed by atoms with E-state index in [1.165, 1.54) is 5.69 Å². The summed E-state index contributed by atoms with van der Waals surface area (Å²) < 4.78 is 0. The summed E-state index contributed by atoms with van der Waals surface area (Å²) in [6.45, 7) is 4.18. The summed E-state index contributed by atoms with van der Waals surface area (Å²) >= 11 is 0. The number of piperazine rings is 1. The third-order valence-corrected chi connectivity index (χ3v) is 2.48. The summed E-state index contributed by atoms with van der Waals surface area (Å²) in [6, 6.07) is 9.91. The quantitative estimate of drug-likeness (QED) is 0.837. The Hall–Kier alpha value is -0.950. The summed E-state index contributed by atoms with van der Waals surface area (Å²) in [5, 5.41) is 12.0. The Kier molecular flexibility index (Phi) is 6.91. The maximum absolute atomic E-state index is 8.67. The standard InChI is InChI=1S/C11H13N3.2ClH/c12-9-10-1-3-11(4-2-10)14-7-5-13-6-8-14;;/h1-4,13H,5-8H2;2*1H. The second-order valence-electron chi connectivity index (χ2n) is 3.40. The molecule has 0 amide bonds. The van der Waals surface area contributed by atoms with Crippen molar-refractivity contribution in [3.05, 3.63) is 29.8 Å². The van der Waals surface area contributed by atoms with Crippen LogP contribution in [0.5, 0.6) is 0 Å². The molecular weight excluding hydrogens is 245 g/mol. The van der Waals surface area contributed by atoms with Gasteiger partial charge in [0.15, 0.2) is 0 Å². The first-order chi connectivity index (χ1) is 6.90. The van der Waals surface area contributed by atoms with E-state index in [1.807, 2.05) is 24.3 Å². The van der Waals surface area contributed by atoms with Gasteiger partial charge in [0, 0.05) is 31.9 Å². The van der Waals surface area contributed by atoms with Crippen molar-refractivity contribution in [3.63, 3.8) is 0 Å². The average Bonchev–Trinajstić information content (AvgIpc) is 2.30. The molecule has 0 aliphatic carbocycles. The van der Waals surface area contributed by atoms with E-state index in [4.69, 9.17) is 5.26 Å². The molecule has 0 bridgehead atoms. The molecule has 1 N–H and O–H groups in total. The van der Waals surface area contributed by atoms with E-state index in [0.717, 1.165) is 31.7 Å². The molecule has 0 saturated carbocycles. The molecule has 5 heteroatoms. The van der Waals surface area contributed by atoms with Crippen LogP contribution >= 0.6 is 24.8 Å². The van der Waals surface area contributed by atoms with Crippen molar-refractivity contribution in [2.24, 2.45) is 0 Å². The molecule has 0 aromatic heterocycles. The van der Waals surface area contributed by atoms with E-state index >= 15 is 0 Å². The normalized spacial score (nSPS) is 14.3. The van der Waals surface area contributed by atoms with Crippen molar-refractivity contribution in [3.8, 4) is 6.07 Å². The Morgan fingerprint density at radius 3 is 2.12 bits per heavy atom. The summed E-state index contributed by atoms with van der Waals surface area (Å²) in [5.74, 6) is 0. The van der Waals surface area contributed by atoms with E-state index in [1.54, 1.807) is 0 Å². The van der Waals surface area contributed by atoms with E-state index in [2.05, 4.69) is 16.3 Å². The number of anilines is 1. The van der Waals surface area contributed by atoms with Gasteiger partial charge in [0.2, 0.25) is 0 Å². The van der Waals surface area contributed by atoms with Crippen LogP contribution in [0.15, 0.2) is 24.3 Å². The average molecular weight is 260 g/mol. The zero-order valence-corrected chi connectivity index (χ0v) is 10.5.